The molecule has 1 aliphatic carbocycles. The Labute approximate surface area is 168 Å². The lowest BCUT2D eigenvalue weighted by atomic mass is 9.82. The van der Waals surface area contributed by atoms with Gasteiger partial charge in [-0.3, -0.25) is 4.79 Å². The molecule has 0 bridgehead atoms. The second-order valence-electron chi connectivity index (χ2n) is 7.43. The SMILES string of the molecule is COc1ccc(-c2nc3ncc4c(n3n2)CC(c2ccc(C)cc2)CC4=O)cc1. The van der Waals surface area contributed by atoms with Gasteiger partial charge in [-0.1, -0.05) is 29.8 Å². The molecule has 144 valence electrons. The zero-order valence-electron chi connectivity index (χ0n) is 16.3. The van der Waals surface area contributed by atoms with Crippen molar-refractivity contribution in [3.63, 3.8) is 0 Å². The first kappa shape index (κ1) is 17.6. The van der Waals surface area contributed by atoms with Gasteiger partial charge in [0.15, 0.2) is 11.6 Å². The maximum absolute atomic E-state index is 12.8. The van der Waals surface area contributed by atoms with Crippen LogP contribution in [0.2, 0.25) is 0 Å². The minimum absolute atomic E-state index is 0.104. The fourth-order valence-electron chi connectivity index (χ4n) is 3.88. The third kappa shape index (κ3) is 3.06. The molecule has 0 saturated heterocycles. The lowest BCUT2D eigenvalue weighted by Crippen LogP contribution is -2.22. The van der Waals surface area contributed by atoms with Gasteiger partial charge >= 0.3 is 0 Å². The molecule has 1 unspecified atom stereocenters. The smallest absolute Gasteiger partial charge is 0.252 e. The Balaban J connectivity index is 1.57. The van der Waals surface area contributed by atoms with Crippen molar-refractivity contribution in [2.24, 2.45) is 0 Å². The summed E-state index contributed by atoms with van der Waals surface area (Å²) in [5.74, 6) is 2.10. The molecular weight excluding hydrogens is 364 g/mol. The highest BCUT2D eigenvalue weighted by atomic mass is 16.5. The van der Waals surface area contributed by atoms with Crippen molar-refractivity contribution in [3.8, 4) is 17.1 Å². The zero-order chi connectivity index (χ0) is 20.0. The number of rotatable bonds is 3. The van der Waals surface area contributed by atoms with E-state index in [4.69, 9.17) is 4.74 Å². The minimum Gasteiger partial charge on any atom is -0.497 e. The summed E-state index contributed by atoms with van der Waals surface area (Å²) in [7, 11) is 1.63. The molecule has 0 amide bonds. The van der Waals surface area contributed by atoms with Crippen molar-refractivity contribution in [3.05, 3.63) is 77.1 Å². The van der Waals surface area contributed by atoms with E-state index in [0.29, 0.717) is 23.6 Å². The van der Waals surface area contributed by atoms with Crippen molar-refractivity contribution in [1.29, 1.82) is 0 Å². The minimum atomic E-state index is 0.104. The first-order valence-electron chi connectivity index (χ1n) is 9.61. The van der Waals surface area contributed by atoms with Crippen LogP contribution < -0.4 is 4.74 Å². The van der Waals surface area contributed by atoms with Crippen LogP contribution in [-0.4, -0.2) is 32.5 Å². The summed E-state index contributed by atoms with van der Waals surface area (Å²) >= 11 is 0. The Morgan fingerprint density at radius 1 is 1.03 bits per heavy atom. The third-order valence-corrected chi connectivity index (χ3v) is 5.53. The van der Waals surface area contributed by atoms with Crippen LogP contribution in [0, 0.1) is 6.92 Å². The average molecular weight is 384 g/mol. The normalized spacial score (nSPS) is 16.1. The van der Waals surface area contributed by atoms with Crippen molar-refractivity contribution < 1.29 is 9.53 Å². The lowest BCUT2D eigenvalue weighted by Gasteiger charge is -2.24. The number of fused-ring (bicyclic) bond motifs is 3. The molecule has 2 aromatic carbocycles. The molecule has 0 fully saturated rings. The number of hydrogen-bond acceptors (Lipinski definition) is 5. The predicted octanol–water partition coefficient (Wildman–Crippen LogP) is 4.02. The van der Waals surface area contributed by atoms with Gasteiger partial charge in [-0.2, -0.15) is 9.50 Å². The highest BCUT2D eigenvalue weighted by Gasteiger charge is 2.29. The number of ether oxygens (including phenoxy) is 1. The van der Waals surface area contributed by atoms with Gasteiger partial charge in [0.25, 0.3) is 5.78 Å². The van der Waals surface area contributed by atoms with Crippen LogP contribution in [0.1, 0.15) is 39.5 Å². The number of carbonyl (C=O) groups excluding carboxylic acids is 1. The molecule has 2 heterocycles. The van der Waals surface area contributed by atoms with Gasteiger partial charge in [0, 0.05) is 18.2 Å². The van der Waals surface area contributed by atoms with E-state index in [1.54, 1.807) is 17.8 Å². The first-order chi connectivity index (χ1) is 14.1. The van der Waals surface area contributed by atoms with Crippen LogP contribution in [0.4, 0.5) is 0 Å². The molecule has 4 aromatic rings. The number of ketones is 1. The van der Waals surface area contributed by atoms with Crippen LogP contribution in [0.25, 0.3) is 17.2 Å². The van der Waals surface area contributed by atoms with Crippen LogP contribution in [0.3, 0.4) is 0 Å². The van der Waals surface area contributed by atoms with Crippen LogP contribution in [-0.2, 0) is 6.42 Å². The number of carbonyl (C=O) groups is 1. The van der Waals surface area contributed by atoms with E-state index in [2.05, 4.69) is 46.3 Å². The third-order valence-electron chi connectivity index (χ3n) is 5.53. The average Bonchev–Trinajstić information content (AvgIpc) is 3.19. The van der Waals surface area contributed by atoms with E-state index in [1.807, 2.05) is 24.3 Å². The fourth-order valence-corrected chi connectivity index (χ4v) is 3.88. The summed E-state index contributed by atoms with van der Waals surface area (Å²) < 4.78 is 6.94. The summed E-state index contributed by atoms with van der Waals surface area (Å²) in [5.41, 5.74) is 4.79. The quantitative estimate of drug-likeness (QED) is 0.534. The lowest BCUT2D eigenvalue weighted by molar-refractivity contribution is 0.0962. The highest BCUT2D eigenvalue weighted by Crippen LogP contribution is 2.33. The topological polar surface area (TPSA) is 69.4 Å². The maximum atomic E-state index is 12.8. The van der Waals surface area contributed by atoms with Crippen LogP contribution in [0.5, 0.6) is 5.75 Å². The van der Waals surface area contributed by atoms with Gasteiger partial charge in [0.2, 0.25) is 0 Å². The van der Waals surface area contributed by atoms with Crippen molar-refractivity contribution in [2.45, 2.75) is 25.7 Å². The molecule has 29 heavy (non-hydrogen) atoms. The Kier molecular flexibility index (Phi) is 4.12. The summed E-state index contributed by atoms with van der Waals surface area (Å²) in [6.07, 6.45) is 2.86. The molecule has 6 heteroatoms. The molecule has 0 N–H and O–H groups in total. The number of methoxy groups -OCH3 is 1. The largest absolute Gasteiger partial charge is 0.497 e. The number of benzene rings is 2. The van der Waals surface area contributed by atoms with Crippen LogP contribution in [0.15, 0.2) is 54.7 Å². The Bertz CT molecular complexity index is 1210. The number of hydrogen-bond donors (Lipinski definition) is 0. The maximum Gasteiger partial charge on any atom is 0.252 e. The van der Waals surface area contributed by atoms with E-state index in [1.165, 1.54) is 11.1 Å². The van der Waals surface area contributed by atoms with Crippen molar-refractivity contribution >= 4 is 11.6 Å². The number of aromatic nitrogens is 4. The monoisotopic (exact) mass is 384 g/mol. The van der Waals surface area contributed by atoms with Crippen LogP contribution >= 0.6 is 0 Å². The van der Waals surface area contributed by atoms with Gasteiger partial charge in [-0.15, -0.1) is 5.10 Å². The van der Waals surface area contributed by atoms with Gasteiger partial charge in [-0.05, 0) is 49.1 Å². The molecule has 6 nitrogen and oxygen atoms in total. The number of aryl methyl sites for hydroxylation is 1. The van der Waals surface area contributed by atoms with Gasteiger partial charge < -0.3 is 4.74 Å². The predicted molar refractivity (Wildman–Crippen MR) is 109 cm³/mol. The van der Waals surface area contributed by atoms with Gasteiger partial charge in [0.05, 0.1) is 18.4 Å². The Hall–Kier alpha value is -3.54. The highest BCUT2D eigenvalue weighted by molar-refractivity contribution is 5.98. The molecular formula is C23H20N4O2. The molecule has 0 saturated carbocycles. The summed E-state index contributed by atoms with van der Waals surface area (Å²) in [5, 5.41) is 4.68. The summed E-state index contributed by atoms with van der Waals surface area (Å²) in [4.78, 5) is 21.8. The van der Waals surface area contributed by atoms with E-state index in [0.717, 1.165) is 23.4 Å². The second-order valence-corrected chi connectivity index (χ2v) is 7.43. The second kappa shape index (κ2) is 6.81. The molecule has 0 spiro atoms. The van der Waals surface area contributed by atoms with Crippen molar-refractivity contribution in [2.75, 3.05) is 7.11 Å². The Morgan fingerprint density at radius 2 is 1.79 bits per heavy atom. The van der Waals surface area contributed by atoms with E-state index < -0.39 is 0 Å². The van der Waals surface area contributed by atoms with Crippen molar-refractivity contribution in [1.82, 2.24) is 19.6 Å². The summed E-state index contributed by atoms with van der Waals surface area (Å²) in [6.45, 7) is 2.07. The summed E-state index contributed by atoms with van der Waals surface area (Å²) in [6, 6.07) is 16.0. The van der Waals surface area contributed by atoms with Gasteiger partial charge in [0.1, 0.15) is 5.75 Å². The van der Waals surface area contributed by atoms with E-state index in [9.17, 15) is 4.79 Å². The van der Waals surface area contributed by atoms with E-state index >= 15 is 0 Å². The molecule has 5 rings (SSSR count). The van der Waals surface area contributed by atoms with E-state index in [-0.39, 0.29) is 11.7 Å². The number of Topliss-reactive ketones (excluding diaryl/α,β-unsaturated/α-hetero) is 1. The molecule has 0 aliphatic heterocycles. The Morgan fingerprint density at radius 3 is 2.52 bits per heavy atom. The fraction of sp³-hybridized carbons (Fsp3) is 0.217. The number of nitrogens with zero attached hydrogens (tertiary/aromatic N) is 4. The van der Waals surface area contributed by atoms with Gasteiger partial charge in [-0.25, -0.2) is 4.98 Å². The molecule has 0 radical (unpaired) electrons. The standard InChI is InChI=1S/C23H20N4O2/c1-14-3-5-15(6-4-14)17-11-20-19(21(28)12-17)13-24-23-25-22(26-27(20)23)16-7-9-18(29-2)10-8-16/h3-10,13,17H,11-12H2,1-2H3. The molecule has 1 aliphatic rings. The molecule has 1 atom stereocenters. The zero-order valence-corrected chi connectivity index (χ0v) is 16.3. The molecule has 2 aromatic heterocycles. The first-order valence-corrected chi connectivity index (χ1v) is 9.61.